The Morgan fingerprint density at radius 1 is 1.23 bits per heavy atom. The van der Waals surface area contributed by atoms with Gasteiger partial charge < -0.3 is 24.4 Å². The second-order valence-electron chi connectivity index (χ2n) is 8.56. The fourth-order valence-electron chi connectivity index (χ4n) is 3.86. The number of amides is 2. The number of hydrogen-bond donors (Lipinski definition) is 1. The zero-order chi connectivity index (χ0) is 22.4. The van der Waals surface area contributed by atoms with Crippen LogP contribution in [0, 0.1) is 6.92 Å². The van der Waals surface area contributed by atoms with Crippen molar-refractivity contribution < 1.29 is 14.3 Å². The highest BCUT2D eigenvalue weighted by Gasteiger charge is 2.32. The average Bonchev–Trinajstić information content (AvgIpc) is 3.38. The van der Waals surface area contributed by atoms with Crippen molar-refractivity contribution in [2.75, 3.05) is 33.8 Å². The zero-order valence-corrected chi connectivity index (χ0v) is 19.0. The number of likely N-dealkylation sites (N-methyl/N-ethyl adjacent to an activating group) is 1. The van der Waals surface area contributed by atoms with Gasteiger partial charge in [0.15, 0.2) is 0 Å². The Bertz CT molecular complexity index is 869. The first-order chi connectivity index (χ1) is 14.8. The fraction of sp³-hybridized carbons (Fsp3) is 0.500. The number of rotatable bonds is 9. The Morgan fingerprint density at radius 2 is 1.97 bits per heavy atom. The first-order valence-electron chi connectivity index (χ1n) is 10.9. The predicted molar refractivity (Wildman–Crippen MR) is 120 cm³/mol. The van der Waals surface area contributed by atoms with E-state index in [1.165, 1.54) is 0 Å². The lowest BCUT2D eigenvalue weighted by Crippen LogP contribution is -2.47. The molecule has 0 bridgehead atoms. The molecule has 2 heterocycles. The lowest BCUT2D eigenvalue weighted by atomic mass is 10.0. The first-order valence-corrected chi connectivity index (χ1v) is 10.9. The van der Waals surface area contributed by atoms with Gasteiger partial charge in [-0.1, -0.05) is 29.8 Å². The fourth-order valence-corrected chi connectivity index (χ4v) is 3.86. The molecule has 1 N–H and O–H groups in total. The number of nitrogens with one attached hydrogen (secondary N) is 1. The van der Waals surface area contributed by atoms with Crippen molar-refractivity contribution in [3.05, 3.63) is 59.4 Å². The molecule has 7 heteroatoms. The van der Waals surface area contributed by atoms with Crippen molar-refractivity contribution in [3.8, 4) is 0 Å². The van der Waals surface area contributed by atoms with Gasteiger partial charge in [-0.3, -0.25) is 9.59 Å². The van der Waals surface area contributed by atoms with E-state index in [9.17, 15) is 9.59 Å². The van der Waals surface area contributed by atoms with E-state index in [1.807, 2.05) is 80.1 Å². The third-order valence-corrected chi connectivity index (χ3v) is 5.64. The number of aryl methyl sites for hydroxylation is 2. The Hall–Kier alpha value is -2.64. The van der Waals surface area contributed by atoms with E-state index >= 15 is 0 Å². The second-order valence-corrected chi connectivity index (χ2v) is 8.56. The van der Waals surface area contributed by atoms with Crippen LogP contribution in [0.25, 0.3) is 0 Å². The maximum absolute atomic E-state index is 13.4. The lowest BCUT2D eigenvalue weighted by molar-refractivity contribution is -0.142. The SMILES string of the molecule is Cc1ccc(C(C(=O)NCC2CCCO2)N(Cc2cccn2C)C(=O)CN(C)C)cc1. The molecule has 7 nitrogen and oxygen atoms in total. The molecule has 1 saturated heterocycles. The summed E-state index contributed by atoms with van der Waals surface area (Å²) in [5.74, 6) is -0.273. The van der Waals surface area contributed by atoms with E-state index < -0.39 is 6.04 Å². The van der Waals surface area contributed by atoms with E-state index in [-0.39, 0.29) is 24.5 Å². The van der Waals surface area contributed by atoms with Crippen molar-refractivity contribution in [2.45, 2.75) is 38.5 Å². The summed E-state index contributed by atoms with van der Waals surface area (Å²) < 4.78 is 7.64. The topological polar surface area (TPSA) is 66.8 Å². The molecule has 31 heavy (non-hydrogen) atoms. The highest BCUT2D eigenvalue weighted by molar-refractivity contribution is 5.89. The van der Waals surface area contributed by atoms with Crippen LogP contribution < -0.4 is 5.32 Å². The van der Waals surface area contributed by atoms with Crippen LogP contribution in [-0.4, -0.2) is 66.1 Å². The van der Waals surface area contributed by atoms with E-state index in [0.717, 1.165) is 36.3 Å². The molecule has 0 radical (unpaired) electrons. The molecule has 1 aliphatic rings. The average molecular weight is 427 g/mol. The maximum Gasteiger partial charge on any atom is 0.247 e. The highest BCUT2D eigenvalue weighted by Crippen LogP contribution is 2.25. The number of hydrogen-bond acceptors (Lipinski definition) is 4. The third kappa shape index (κ3) is 6.18. The van der Waals surface area contributed by atoms with Crippen LogP contribution in [0.3, 0.4) is 0 Å². The van der Waals surface area contributed by atoms with Crippen molar-refractivity contribution in [3.63, 3.8) is 0 Å². The molecule has 3 rings (SSSR count). The normalized spacial score (nSPS) is 17.0. The Labute approximate surface area is 185 Å². The van der Waals surface area contributed by atoms with Crippen molar-refractivity contribution >= 4 is 11.8 Å². The molecule has 1 fully saturated rings. The van der Waals surface area contributed by atoms with Gasteiger partial charge in [0.1, 0.15) is 6.04 Å². The number of carbonyl (C=O) groups is 2. The number of nitrogens with zero attached hydrogens (tertiary/aromatic N) is 3. The monoisotopic (exact) mass is 426 g/mol. The second kappa shape index (κ2) is 10.6. The Balaban J connectivity index is 1.92. The van der Waals surface area contributed by atoms with E-state index in [0.29, 0.717) is 13.1 Å². The molecular formula is C24H34N4O3. The van der Waals surface area contributed by atoms with Crippen molar-refractivity contribution in [1.29, 1.82) is 0 Å². The van der Waals surface area contributed by atoms with Crippen LogP contribution in [0.1, 0.15) is 35.7 Å². The van der Waals surface area contributed by atoms with Gasteiger partial charge in [0.2, 0.25) is 11.8 Å². The molecule has 1 aromatic heterocycles. The van der Waals surface area contributed by atoms with Crippen LogP contribution >= 0.6 is 0 Å². The van der Waals surface area contributed by atoms with Crippen LogP contribution in [0.4, 0.5) is 0 Å². The summed E-state index contributed by atoms with van der Waals surface area (Å²) in [6.07, 6.45) is 3.95. The minimum atomic E-state index is -0.718. The van der Waals surface area contributed by atoms with E-state index in [4.69, 9.17) is 4.74 Å². The third-order valence-electron chi connectivity index (χ3n) is 5.64. The van der Waals surface area contributed by atoms with Gasteiger partial charge in [0.05, 0.1) is 19.2 Å². The summed E-state index contributed by atoms with van der Waals surface area (Å²) in [6, 6.07) is 11.0. The van der Waals surface area contributed by atoms with Gasteiger partial charge in [-0.2, -0.15) is 0 Å². The largest absolute Gasteiger partial charge is 0.376 e. The smallest absolute Gasteiger partial charge is 0.247 e. The van der Waals surface area contributed by atoms with Gasteiger partial charge >= 0.3 is 0 Å². The molecule has 2 aromatic rings. The van der Waals surface area contributed by atoms with Gasteiger partial charge in [-0.05, 0) is 51.6 Å². The molecule has 2 unspecified atom stereocenters. The molecule has 1 aromatic carbocycles. The molecule has 2 atom stereocenters. The van der Waals surface area contributed by atoms with E-state index in [2.05, 4.69) is 5.32 Å². The minimum Gasteiger partial charge on any atom is -0.376 e. The summed E-state index contributed by atoms with van der Waals surface area (Å²) in [4.78, 5) is 30.3. The molecule has 0 saturated carbocycles. The van der Waals surface area contributed by atoms with Gasteiger partial charge in [-0.25, -0.2) is 0 Å². The Morgan fingerprint density at radius 3 is 2.55 bits per heavy atom. The molecule has 0 spiro atoms. The number of aromatic nitrogens is 1. The molecule has 1 aliphatic heterocycles. The predicted octanol–water partition coefficient (Wildman–Crippen LogP) is 2.26. The maximum atomic E-state index is 13.4. The van der Waals surface area contributed by atoms with Crippen LogP contribution in [0.2, 0.25) is 0 Å². The van der Waals surface area contributed by atoms with Gasteiger partial charge in [0, 0.05) is 32.1 Å². The zero-order valence-electron chi connectivity index (χ0n) is 19.0. The van der Waals surface area contributed by atoms with Gasteiger partial charge in [-0.15, -0.1) is 0 Å². The van der Waals surface area contributed by atoms with Crippen LogP contribution in [-0.2, 0) is 27.9 Å². The minimum absolute atomic E-state index is 0.0430. The van der Waals surface area contributed by atoms with Crippen molar-refractivity contribution in [2.24, 2.45) is 7.05 Å². The molecular weight excluding hydrogens is 392 g/mol. The lowest BCUT2D eigenvalue weighted by Gasteiger charge is -2.32. The van der Waals surface area contributed by atoms with Gasteiger partial charge in [0.25, 0.3) is 0 Å². The molecule has 0 aliphatic carbocycles. The summed E-state index contributed by atoms with van der Waals surface area (Å²) in [7, 11) is 5.66. The van der Waals surface area contributed by atoms with Crippen molar-refractivity contribution in [1.82, 2.24) is 19.7 Å². The highest BCUT2D eigenvalue weighted by atomic mass is 16.5. The number of benzene rings is 1. The van der Waals surface area contributed by atoms with Crippen LogP contribution in [0.5, 0.6) is 0 Å². The summed E-state index contributed by atoms with van der Waals surface area (Å²) >= 11 is 0. The summed E-state index contributed by atoms with van der Waals surface area (Å²) in [5, 5.41) is 3.04. The quantitative estimate of drug-likeness (QED) is 0.668. The standard InChI is InChI=1S/C24H34N4O3/c1-18-9-11-19(12-10-18)23(24(30)25-15-21-8-6-14-31-21)28(22(29)17-26(2)3)16-20-7-5-13-27(20)4/h5,7,9-13,21,23H,6,8,14-17H2,1-4H3,(H,25,30). The van der Waals surface area contributed by atoms with Crippen LogP contribution in [0.15, 0.2) is 42.6 Å². The Kier molecular flexibility index (Phi) is 7.87. The number of carbonyl (C=O) groups excluding carboxylic acids is 2. The first kappa shape index (κ1) is 23.0. The summed E-state index contributed by atoms with van der Waals surface area (Å²) in [5.41, 5.74) is 2.88. The van der Waals surface area contributed by atoms with E-state index in [1.54, 1.807) is 4.90 Å². The number of ether oxygens (including phenoxy) is 1. The molecule has 2 amide bonds. The molecule has 168 valence electrons. The summed E-state index contributed by atoms with van der Waals surface area (Å²) in [6.45, 7) is 3.78.